The molecule has 9 aromatic heterocycles. The number of hydrogen-bond acceptors (Lipinski definition) is 20. The molecule has 32 heteroatoms. The van der Waals surface area contributed by atoms with Crippen LogP contribution >= 0.6 is 11.6 Å². The molecule has 0 bridgehead atoms. The number of nitrogens with zero attached hydrogens (tertiary/aromatic N) is 15. The van der Waals surface area contributed by atoms with Crippen molar-refractivity contribution in [3.63, 3.8) is 0 Å². The molecule has 18 rings (SSSR count). The second kappa shape index (κ2) is 34.7. The molecule has 26 nitrogen and oxygen atoms in total. The van der Waals surface area contributed by atoms with Crippen molar-refractivity contribution in [3.05, 3.63) is 252 Å². The van der Waals surface area contributed by atoms with Gasteiger partial charge >= 0.3 is 11.1 Å². The molecule has 129 heavy (non-hydrogen) atoms. The molecule has 3 N–H and O–H groups in total. The minimum Gasteiger partial charge on any atom is -0.507 e. The Morgan fingerprint density at radius 3 is 1.20 bits per heavy atom. The fraction of sp³-hybridized carbons (Fsp3) is 0.320. The molecule has 12 aromatic rings. The minimum absolute atomic E-state index is 0.00627. The van der Waals surface area contributed by atoms with E-state index < -0.39 is 68.7 Å². The maximum Gasteiger partial charge on any atom is 0.301 e. The molecule has 3 saturated heterocycles. The number of carbonyl (C=O) groups excluding carboxylic acids is 3. The zero-order chi connectivity index (χ0) is 92.2. The third-order valence-electron chi connectivity index (χ3n) is 24.8. The molecular weight excluding hydrogens is 1680 g/mol. The number of aromatic hydroxyl groups is 3. The quantitative estimate of drug-likeness (QED) is 0.0756. The lowest BCUT2D eigenvalue weighted by Gasteiger charge is -2.49. The molecule has 3 aromatic carbocycles. The Hall–Kier alpha value is -13.8. The van der Waals surface area contributed by atoms with Gasteiger partial charge in [-0.2, -0.15) is 0 Å². The average Bonchev–Trinajstić information content (AvgIpc) is 1.47. The topological polar surface area (TPSA) is 293 Å². The minimum atomic E-state index is -0.883. The zero-order valence-electron chi connectivity index (χ0n) is 73.1. The van der Waals surface area contributed by atoms with Gasteiger partial charge in [-0.1, -0.05) is 91.1 Å². The van der Waals surface area contributed by atoms with Gasteiger partial charge in [0.05, 0.1) is 103 Å². The number of pyridine rings is 9. The molecule has 0 aliphatic carbocycles. The van der Waals surface area contributed by atoms with E-state index in [1.54, 1.807) is 51.5 Å². The van der Waals surface area contributed by atoms with Gasteiger partial charge in [0, 0.05) is 111 Å². The van der Waals surface area contributed by atoms with Gasteiger partial charge < -0.3 is 54.2 Å². The first-order valence-electron chi connectivity index (χ1n) is 42.6. The van der Waals surface area contributed by atoms with E-state index in [9.17, 15) is 48.5 Å². The highest BCUT2D eigenvalue weighted by atomic mass is 35.5. The maximum atomic E-state index is 16.1. The summed E-state index contributed by atoms with van der Waals surface area (Å²) in [5.74, 6) is -5.99. The van der Waals surface area contributed by atoms with Gasteiger partial charge in [-0.15, -0.1) is 0 Å². The van der Waals surface area contributed by atoms with Crippen molar-refractivity contribution in [1.29, 1.82) is 0 Å². The number of ether oxygens (including phenoxy) is 2. The van der Waals surface area contributed by atoms with Crippen LogP contribution in [0.15, 0.2) is 162 Å². The van der Waals surface area contributed by atoms with E-state index in [-0.39, 0.29) is 152 Å². The van der Waals surface area contributed by atoms with Gasteiger partial charge in [-0.3, -0.25) is 57.4 Å². The highest BCUT2D eigenvalue weighted by Gasteiger charge is 2.47. The summed E-state index contributed by atoms with van der Waals surface area (Å²) >= 11 is 6.81. The van der Waals surface area contributed by atoms with Crippen LogP contribution in [0.4, 0.5) is 39.0 Å². The predicted molar refractivity (Wildman–Crippen MR) is 485 cm³/mol. The largest absolute Gasteiger partial charge is 0.507 e. The van der Waals surface area contributed by atoms with E-state index in [1.165, 1.54) is 86.5 Å². The number of benzene rings is 3. The number of anilines is 3. The average molecular weight is 1780 g/mol. The summed E-state index contributed by atoms with van der Waals surface area (Å²) in [6, 6.07) is 19.5. The third-order valence-corrected chi connectivity index (χ3v) is 25.1. The molecule has 6 unspecified atom stereocenters. The number of hydrogen-bond donors (Lipinski definition) is 3. The number of amides is 3. The molecule has 6 atom stereocenters. The van der Waals surface area contributed by atoms with Crippen molar-refractivity contribution in [1.82, 2.24) is 58.3 Å². The van der Waals surface area contributed by atoms with Crippen LogP contribution in [0.5, 0.6) is 28.7 Å². The lowest BCUT2D eigenvalue weighted by molar-refractivity contribution is -0.128. The Morgan fingerprint density at radius 1 is 0.450 bits per heavy atom. The Kier molecular flexibility index (Phi) is 23.9. The summed E-state index contributed by atoms with van der Waals surface area (Å²) in [5.41, 5.74) is 5.03. The van der Waals surface area contributed by atoms with Crippen LogP contribution < -0.4 is 40.9 Å². The van der Waals surface area contributed by atoms with Gasteiger partial charge in [0.1, 0.15) is 58.3 Å². The van der Waals surface area contributed by atoms with Crippen molar-refractivity contribution in [2.24, 2.45) is 0 Å². The molecule has 3 fully saturated rings. The lowest BCUT2D eigenvalue weighted by Crippen LogP contribution is -2.62. The summed E-state index contributed by atoms with van der Waals surface area (Å²) in [6.45, 7) is 36.8. The lowest BCUT2D eigenvalue weighted by atomic mass is 10.00. The fourth-order valence-electron chi connectivity index (χ4n) is 19.2. The van der Waals surface area contributed by atoms with Gasteiger partial charge in [-0.05, 0) is 167 Å². The van der Waals surface area contributed by atoms with E-state index in [0.29, 0.717) is 120 Å². The van der Waals surface area contributed by atoms with Crippen molar-refractivity contribution in [2.45, 2.75) is 150 Å². The molecule has 6 aliphatic rings. The van der Waals surface area contributed by atoms with Crippen LogP contribution in [0.3, 0.4) is 0 Å². The van der Waals surface area contributed by atoms with E-state index in [1.807, 2.05) is 94.1 Å². The number of halogens is 6. The molecule has 3 amide bonds. The molecular formula is C97H95ClF5N15O11. The van der Waals surface area contributed by atoms with Crippen LogP contribution in [0.2, 0.25) is 5.02 Å². The normalized spacial score (nSPS) is 18.0. The molecule has 0 radical (unpaired) electrons. The van der Waals surface area contributed by atoms with Crippen LogP contribution in [-0.4, -0.2) is 180 Å². The molecule has 15 heterocycles. The smallest absolute Gasteiger partial charge is 0.301 e. The summed E-state index contributed by atoms with van der Waals surface area (Å²) in [7, 11) is 0. The summed E-state index contributed by atoms with van der Waals surface area (Å²) < 4.78 is 94.0. The van der Waals surface area contributed by atoms with Crippen LogP contribution in [0, 0.1) is 49.9 Å². The number of carbonyl (C=O) groups is 3. The Morgan fingerprint density at radius 2 is 0.798 bits per heavy atom. The van der Waals surface area contributed by atoms with E-state index >= 15 is 17.6 Å². The van der Waals surface area contributed by atoms with Crippen molar-refractivity contribution in [2.75, 3.05) is 67.2 Å². The van der Waals surface area contributed by atoms with Crippen LogP contribution in [0.1, 0.15) is 126 Å². The van der Waals surface area contributed by atoms with Gasteiger partial charge in [0.2, 0.25) is 29.2 Å². The fourth-order valence-corrected chi connectivity index (χ4v) is 19.5. The maximum absolute atomic E-state index is 16.1. The zero-order valence-corrected chi connectivity index (χ0v) is 73.9. The highest BCUT2D eigenvalue weighted by Crippen LogP contribution is 2.50. The van der Waals surface area contributed by atoms with E-state index in [4.69, 9.17) is 26.1 Å². The summed E-state index contributed by atoms with van der Waals surface area (Å²) in [4.78, 5) is 120. The number of fused-ring (bicyclic) bond motifs is 15. The molecule has 6 aliphatic heterocycles. The Bertz CT molecular complexity index is 6840. The summed E-state index contributed by atoms with van der Waals surface area (Å²) in [6.07, 6.45) is 9.73. The Labute approximate surface area is 743 Å². The number of aromatic nitrogens is 9. The SMILES string of the molecule is C=CC(=O)N1CC(C)N2c3c(c(=O)n(-c4c(C)ccnc4C(C)C)c4nc(-c5c(O)cccc5F)c(Cl)cc34)OCC2C1.C=CC(=O)N1CC(C)N2c3c(c(=O)n(-c4c(C)ccnc4C(C)C)c4nc(-c5c(O)cccc5F)c(F)cc34)CC2C1.C=CC(=O)N1CC(C)N2c3c(c(=O)n(-c4c(C)ccnc4C(C)C)c4nc(-c5c(O)cccc5F)c(F)cc34)OCCC2C1. The summed E-state index contributed by atoms with van der Waals surface area (Å²) in [5, 5.41) is 33.0. The van der Waals surface area contributed by atoms with E-state index in [0.717, 1.165) is 28.8 Å². The first kappa shape index (κ1) is 88.6. The highest BCUT2D eigenvalue weighted by molar-refractivity contribution is 6.34. The van der Waals surface area contributed by atoms with Gasteiger partial charge in [0.15, 0.2) is 22.9 Å². The second-order valence-electron chi connectivity index (χ2n) is 34.3. The first-order chi connectivity index (χ1) is 61.6. The van der Waals surface area contributed by atoms with Crippen molar-refractivity contribution < 1.29 is 61.1 Å². The predicted octanol–water partition coefficient (Wildman–Crippen LogP) is 15.6. The number of rotatable bonds is 12. The second-order valence-corrected chi connectivity index (χ2v) is 34.8. The molecule has 0 spiro atoms. The van der Waals surface area contributed by atoms with Crippen LogP contribution in [-0.2, 0) is 20.8 Å². The van der Waals surface area contributed by atoms with Crippen LogP contribution in [0.25, 0.3) is 83.9 Å². The van der Waals surface area contributed by atoms with E-state index in [2.05, 4.69) is 54.5 Å². The molecule has 0 saturated carbocycles. The Balaban J connectivity index is 0.000000142. The number of aryl methyl sites for hydroxylation is 3. The van der Waals surface area contributed by atoms with Gasteiger partial charge in [-0.25, -0.2) is 36.9 Å². The van der Waals surface area contributed by atoms with Gasteiger partial charge in [0.25, 0.3) is 5.56 Å². The number of piperazine rings is 3. The standard InChI is InChI=1S/C33H33F2N5O4.C32H31ClFN5O4.C32H31F2N5O3/c1-6-25(42)38-15-19(5)39-20(16-38)11-13-44-31-30(39)21-14-23(35)28(26-22(34)8-7-9-24(26)41)37-32(21)40(33(31)43)29-18(4)10-12-36-27(29)17(2)3;1-6-24(41)37-13-18(5)38-19(14-37)15-43-30-29(38)20-12-21(33)27(25-22(34)8-7-9-23(25)40)36-31(20)39(32(30)42)28-17(4)10-11-35-26(28)16(2)3;1-6-25(41)37-14-18(5)38-19(15-37)12-21-30(38)20-13-23(34)28(26-22(33)8-7-9-24(26)40)36-31(20)39(32(21)42)29-17(4)10-11-35-27(29)16(2)3/h6-10,12,14,17,19-20,41H,1,11,13,15-16H2,2-5H3;6-12,16,18-19,40H,1,13-15H2,2-5H3;6-11,13,16,18-19,40H,1,12,14-15H2,2-5H3. The van der Waals surface area contributed by atoms with Crippen molar-refractivity contribution in [3.8, 4) is 79.6 Å². The first-order valence-corrected chi connectivity index (χ1v) is 43.0. The number of phenols is 3. The monoisotopic (exact) mass is 1780 g/mol. The molecule has 666 valence electrons. The van der Waals surface area contributed by atoms with Crippen molar-refractivity contribution >= 4 is 79.5 Å². The third kappa shape index (κ3) is 15.2. The number of phenolic OH excluding ortho intramolecular Hbond substituents is 3.